The topological polar surface area (TPSA) is 70.4 Å². The van der Waals surface area contributed by atoms with Gasteiger partial charge in [0, 0.05) is 19.2 Å². The number of benzene rings is 1. The summed E-state index contributed by atoms with van der Waals surface area (Å²) in [6, 6.07) is 3.80. The Hall–Kier alpha value is -2.28. The van der Waals surface area contributed by atoms with E-state index in [1.807, 2.05) is 19.2 Å². The number of nitrogens with one attached hydrogen (secondary N) is 1. The second-order valence-corrected chi connectivity index (χ2v) is 4.43. The van der Waals surface area contributed by atoms with Gasteiger partial charge in [0.25, 0.3) is 0 Å². The lowest BCUT2D eigenvalue weighted by atomic mass is 10.1. The minimum atomic E-state index is 0.582. The van der Waals surface area contributed by atoms with Crippen molar-refractivity contribution in [1.29, 1.82) is 0 Å². The van der Waals surface area contributed by atoms with Crippen LogP contribution in [0.5, 0.6) is 17.2 Å². The van der Waals surface area contributed by atoms with Crippen molar-refractivity contribution in [2.75, 3.05) is 21.3 Å². The Balaban J connectivity index is 2.08. The van der Waals surface area contributed by atoms with Crippen LogP contribution < -0.4 is 19.5 Å². The Labute approximate surface area is 123 Å². The Kier molecular flexibility index (Phi) is 4.99. The number of ether oxygens (including phenoxy) is 3. The fourth-order valence-corrected chi connectivity index (χ4v) is 2.08. The molecule has 7 heteroatoms. The van der Waals surface area contributed by atoms with Crippen molar-refractivity contribution in [3.8, 4) is 17.2 Å². The number of rotatable bonds is 7. The van der Waals surface area contributed by atoms with Gasteiger partial charge in [-0.1, -0.05) is 6.07 Å². The molecule has 2 rings (SSSR count). The molecule has 0 bridgehead atoms. The molecule has 7 nitrogen and oxygen atoms in total. The van der Waals surface area contributed by atoms with E-state index in [9.17, 15) is 0 Å². The lowest BCUT2D eigenvalue weighted by Gasteiger charge is -2.15. The summed E-state index contributed by atoms with van der Waals surface area (Å²) in [7, 11) is 6.65. The zero-order chi connectivity index (χ0) is 15.2. The van der Waals surface area contributed by atoms with Gasteiger partial charge in [0.15, 0.2) is 17.3 Å². The summed E-state index contributed by atoms with van der Waals surface area (Å²) in [4.78, 5) is 4.16. The van der Waals surface area contributed by atoms with E-state index in [-0.39, 0.29) is 0 Å². The quantitative estimate of drug-likeness (QED) is 0.825. The molecule has 0 radical (unpaired) electrons. The monoisotopic (exact) mass is 292 g/mol. The normalized spacial score (nSPS) is 10.5. The number of nitrogens with zero attached hydrogens (tertiary/aromatic N) is 3. The van der Waals surface area contributed by atoms with Crippen LogP contribution in [-0.4, -0.2) is 36.1 Å². The molecule has 0 amide bonds. The van der Waals surface area contributed by atoms with Gasteiger partial charge < -0.3 is 19.5 Å². The van der Waals surface area contributed by atoms with Gasteiger partial charge in [-0.2, -0.15) is 5.10 Å². The largest absolute Gasteiger partial charge is 0.493 e. The van der Waals surface area contributed by atoms with Gasteiger partial charge in [0.05, 0.1) is 27.9 Å². The molecule has 1 aromatic carbocycles. The standard InChI is InChI=1S/C14H20N4O3/c1-18-9-16-12(17-18)8-15-7-10-5-6-11(19-2)14(21-4)13(10)20-3/h5-6,9,15H,7-8H2,1-4H3. The molecule has 114 valence electrons. The summed E-state index contributed by atoms with van der Waals surface area (Å²) in [5.41, 5.74) is 0.978. The highest BCUT2D eigenvalue weighted by molar-refractivity contribution is 5.55. The van der Waals surface area contributed by atoms with E-state index in [0.29, 0.717) is 30.3 Å². The molecule has 0 unspecified atom stereocenters. The van der Waals surface area contributed by atoms with Crippen molar-refractivity contribution < 1.29 is 14.2 Å². The molecule has 2 aromatic rings. The van der Waals surface area contributed by atoms with Crippen molar-refractivity contribution in [3.05, 3.63) is 29.8 Å². The molecule has 0 saturated heterocycles. The second-order valence-electron chi connectivity index (χ2n) is 4.43. The van der Waals surface area contributed by atoms with Crippen LogP contribution in [0.25, 0.3) is 0 Å². The molecule has 0 aliphatic heterocycles. The molecule has 1 N–H and O–H groups in total. The third kappa shape index (κ3) is 3.43. The lowest BCUT2D eigenvalue weighted by molar-refractivity contribution is 0.321. The van der Waals surface area contributed by atoms with E-state index in [2.05, 4.69) is 15.4 Å². The van der Waals surface area contributed by atoms with Crippen LogP contribution in [0.15, 0.2) is 18.5 Å². The van der Waals surface area contributed by atoms with Crippen LogP contribution in [0, 0.1) is 0 Å². The fourth-order valence-electron chi connectivity index (χ4n) is 2.08. The van der Waals surface area contributed by atoms with Gasteiger partial charge in [0.2, 0.25) is 5.75 Å². The molecule has 1 aromatic heterocycles. The van der Waals surface area contributed by atoms with Gasteiger partial charge in [-0.05, 0) is 6.07 Å². The Morgan fingerprint density at radius 1 is 1.05 bits per heavy atom. The summed E-state index contributed by atoms with van der Waals surface area (Å²) in [6.07, 6.45) is 1.67. The zero-order valence-corrected chi connectivity index (χ0v) is 12.7. The molecule has 0 aliphatic rings. The molecule has 0 atom stereocenters. The van der Waals surface area contributed by atoms with Gasteiger partial charge in [-0.3, -0.25) is 4.68 Å². The maximum atomic E-state index is 5.44. The first kappa shape index (κ1) is 15.1. The zero-order valence-electron chi connectivity index (χ0n) is 12.7. The van der Waals surface area contributed by atoms with Crippen LogP contribution in [0.1, 0.15) is 11.4 Å². The number of hydrogen-bond donors (Lipinski definition) is 1. The predicted molar refractivity (Wildman–Crippen MR) is 77.6 cm³/mol. The molecule has 21 heavy (non-hydrogen) atoms. The molecule has 0 spiro atoms. The summed E-state index contributed by atoms with van der Waals surface area (Å²) in [5, 5.41) is 7.49. The smallest absolute Gasteiger partial charge is 0.203 e. The molecule has 0 saturated carbocycles. The van der Waals surface area contributed by atoms with Crippen molar-refractivity contribution in [2.45, 2.75) is 13.1 Å². The first-order valence-corrected chi connectivity index (χ1v) is 6.52. The number of methoxy groups -OCH3 is 3. The van der Waals surface area contributed by atoms with Gasteiger partial charge in [-0.15, -0.1) is 0 Å². The molecular weight excluding hydrogens is 272 g/mol. The van der Waals surface area contributed by atoms with Crippen LogP contribution in [-0.2, 0) is 20.1 Å². The first-order chi connectivity index (χ1) is 10.2. The Bertz CT molecular complexity index is 598. The van der Waals surface area contributed by atoms with Gasteiger partial charge in [-0.25, -0.2) is 4.98 Å². The minimum Gasteiger partial charge on any atom is -0.493 e. The Morgan fingerprint density at radius 3 is 2.38 bits per heavy atom. The van der Waals surface area contributed by atoms with Gasteiger partial charge >= 0.3 is 0 Å². The number of aromatic nitrogens is 3. The molecule has 1 heterocycles. The molecular formula is C14H20N4O3. The first-order valence-electron chi connectivity index (χ1n) is 6.52. The van der Waals surface area contributed by atoms with Crippen LogP contribution in [0.4, 0.5) is 0 Å². The summed E-state index contributed by atoms with van der Waals surface area (Å²) >= 11 is 0. The maximum Gasteiger partial charge on any atom is 0.203 e. The van der Waals surface area contributed by atoms with E-state index in [1.54, 1.807) is 32.3 Å². The van der Waals surface area contributed by atoms with E-state index in [1.165, 1.54) is 0 Å². The average Bonchev–Trinajstić information content (AvgIpc) is 2.91. The van der Waals surface area contributed by atoms with E-state index >= 15 is 0 Å². The van der Waals surface area contributed by atoms with Crippen molar-refractivity contribution in [1.82, 2.24) is 20.1 Å². The minimum absolute atomic E-state index is 0.582. The predicted octanol–water partition coefficient (Wildman–Crippen LogP) is 1.13. The van der Waals surface area contributed by atoms with Crippen molar-refractivity contribution in [2.24, 2.45) is 7.05 Å². The fraction of sp³-hybridized carbons (Fsp3) is 0.429. The molecule has 0 fully saturated rings. The van der Waals surface area contributed by atoms with Gasteiger partial charge in [0.1, 0.15) is 6.33 Å². The molecule has 0 aliphatic carbocycles. The summed E-state index contributed by atoms with van der Waals surface area (Å²) in [6.45, 7) is 1.19. The second kappa shape index (κ2) is 6.94. The number of hydrogen-bond acceptors (Lipinski definition) is 6. The number of aryl methyl sites for hydroxylation is 1. The summed E-state index contributed by atoms with van der Waals surface area (Å²) < 4.78 is 17.7. The van der Waals surface area contributed by atoms with E-state index in [4.69, 9.17) is 14.2 Å². The van der Waals surface area contributed by atoms with Crippen LogP contribution in [0.2, 0.25) is 0 Å². The summed E-state index contributed by atoms with van der Waals surface area (Å²) in [5.74, 6) is 2.65. The highest BCUT2D eigenvalue weighted by atomic mass is 16.5. The highest BCUT2D eigenvalue weighted by Crippen LogP contribution is 2.39. The van der Waals surface area contributed by atoms with Crippen molar-refractivity contribution >= 4 is 0 Å². The SMILES string of the molecule is COc1ccc(CNCc2ncn(C)n2)c(OC)c1OC. The third-order valence-electron chi connectivity index (χ3n) is 3.03. The third-order valence-corrected chi connectivity index (χ3v) is 3.03. The van der Waals surface area contributed by atoms with Crippen LogP contribution >= 0.6 is 0 Å². The lowest BCUT2D eigenvalue weighted by Crippen LogP contribution is -2.15. The van der Waals surface area contributed by atoms with E-state index in [0.717, 1.165) is 11.4 Å². The van der Waals surface area contributed by atoms with Crippen LogP contribution in [0.3, 0.4) is 0 Å². The van der Waals surface area contributed by atoms with E-state index < -0.39 is 0 Å². The maximum absolute atomic E-state index is 5.44. The highest BCUT2D eigenvalue weighted by Gasteiger charge is 2.15. The van der Waals surface area contributed by atoms with Crippen molar-refractivity contribution in [3.63, 3.8) is 0 Å². The average molecular weight is 292 g/mol. The Morgan fingerprint density at radius 2 is 1.81 bits per heavy atom.